The Morgan fingerprint density at radius 1 is 0.976 bits per heavy atom. The van der Waals surface area contributed by atoms with Gasteiger partial charge >= 0.3 is 6.18 Å². The number of aromatic nitrogens is 1. The average molecular weight is 572 g/mol. The van der Waals surface area contributed by atoms with Crippen molar-refractivity contribution in [2.75, 3.05) is 13.1 Å². The summed E-state index contributed by atoms with van der Waals surface area (Å²) >= 11 is 0. The molecule has 0 spiro atoms. The molecule has 0 radical (unpaired) electrons. The van der Waals surface area contributed by atoms with Gasteiger partial charge in [0.2, 0.25) is 5.91 Å². The predicted octanol–water partition coefficient (Wildman–Crippen LogP) is 7.15. The highest BCUT2D eigenvalue weighted by Gasteiger charge is 2.33. The Bertz CT molecular complexity index is 1310. The molecule has 5 nitrogen and oxygen atoms in total. The van der Waals surface area contributed by atoms with Crippen LogP contribution in [0.25, 0.3) is 0 Å². The molecule has 1 saturated carbocycles. The third-order valence-electron chi connectivity index (χ3n) is 7.49. The van der Waals surface area contributed by atoms with Crippen LogP contribution < -0.4 is 0 Å². The average Bonchev–Trinajstić information content (AvgIpc) is 3.38. The van der Waals surface area contributed by atoms with Crippen LogP contribution in [-0.2, 0) is 24.1 Å². The third kappa shape index (κ3) is 8.21. The lowest BCUT2D eigenvalue weighted by Crippen LogP contribution is -2.48. The van der Waals surface area contributed by atoms with Crippen LogP contribution in [0.3, 0.4) is 0 Å². The van der Waals surface area contributed by atoms with Gasteiger partial charge in [0, 0.05) is 36.6 Å². The molecule has 0 unspecified atom stereocenters. The van der Waals surface area contributed by atoms with Gasteiger partial charge in [-0.3, -0.25) is 9.59 Å². The van der Waals surface area contributed by atoms with Gasteiger partial charge in [-0.25, -0.2) is 4.39 Å². The fourth-order valence-electron chi connectivity index (χ4n) is 5.45. The minimum Gasteiger partial charge on any atom is -0.345 e. The van der Waals surface area contributed by atoms with E-state index in [1.807, 2.05) is 41.6 Å². The quantitative estimate of drug-likeness (QED) is 0.243. The second-order valence-electron chi connectivity index (χ2n) is 11.2. The summed E-state index contributed by atoms with van der Waals surface area (Å²) in [4.78, 5) is 30.6. The summed E-state index contributed by atoms with van der Waals surface area (Å²) in [5.74, 6) is -1.12. The Balaban J connectivity index is 1.57. The molecular formula is C32H37F4N3O2. The molecule has 0 bridgehead atoms. The van der Waals surface area contributed by atoms with E-state index in [0.29, 0.717) is 13.1 Å². The van der Waals surface area contributed by atoms with E-state index in [9.17, 15) is 27.2 Å². The fourth-order valence-corrected chi connectivity index (χ4v) is 5.45. The molecule has 220 valence electrons. The lowest BCUT2D eigenvalue weighted by atomic mass is 9.94. The monoisotopic (exact) mass is 571 g/mol. The van der Waals surface area contributed by atoms with Gasteiger partial charge in [-0.1, -0.05) is 51.3 Å². The first kappa shape index (κ1) is 30.3. The van der Waals surface area contributed by atoms with Gasteiger partial charge in [-0.2, -0.15) is 13.2 Å². The second-order valence-corrected chi connectivity index (χ2v) is 11.2. The van der Waals surface area contributed by atoms with Crippen LogP contribution in [-0.4, -0.2) is 45.3 Å². The zero-order chi connectivity index (χ0) is 29.6. The van der Waals surface area contributed by atoms with E-state index in [-0.39, 0.29) is 42.3 Å². The summed E-state index contributed by atoms with van der Waals surface area (Å²) in [5.41, 5.74) is 0.845. The normalized spacial score (nSPS) is 14.3. The molecule has 0 saturated heterocycles. The molecular weight excluding hydrogens is 534 g/mol. The van der Waals surface area contributed by atoms with Crippen molar-refractivity contribution in [3.63, 3.8) is 0 Å². The molecule has 2 aromatic carbocycles. The largest absolute Gasteiger partial charge is 0.416 e. The molecule has 0 atom stereocenters. The molecule has 0 N–H and O–H groups in total. The van der Waals surface area contributed by atoms with Crippen molar-refractivity contribution in [3.8, 4) is 0 Å². The second kappa shape index (κ2) is 13.4. The molecule has 3 aromatic rings. The Kier molecular flexibility index (Phi) is 9.89. The van der Waals surface area contributed by atoms with Crippen LogP contribution in [0.4, 0.5) is 17.6 Å². The van der Waals surface area contributed by atoms with E-state index < -0.39 is 17.6 Å². The minimum absolute atomic E-state index is 0.00798. The van der Waals surface area contributed by atoms with Gasteiger partial charge in [0.05, 0.1) is 12.1 Å². The molecule has 0 aliphatic heterocycles. The zero-order valence-corrected chi connectivity index (χ0v) is 23.5. The van der Waals surface area contributed by atoms with Gasteiger partial charge < -0.3 is 14.4 Å². The number of benzene rings is 2. The molecule has 1 fully saturated rings. The predicted molar refractivity (Wildman–Crippen MR) is 150 cm³/mol. The van der Waals surface area contributed by atoms with Crippen LogP contribution in [0.2, 0.25) is 0 Å². The number of hydrogen-bond acceptors (Lipinski definition) is 2. The summed E-state index contributed by atoms with van der Waals surface area (Å²) < 4.78 is 55.4. The summed E-state index contributed by atoms with van der Waals surface area (Å²) in [5, 5.41) is 0. The molecule has 1 aliphatic rings. The Hall–Kier alpha value is -3.62. The third-order valence-corrected chi connectivity index (χ3v) is 7.49. The van der Waals surface area contributed by atoms with E-state index >= 15 is 0 Å². The molecule has 1 aliphatic carbocycles. The van der Waals surface area contributed by atoms with E-state index in [2.05, 4.69) is 0 Å². The van der Waals surface area contributed by atoms with Crippen LogP contribution in [0, 0.1) is 11.7 Å². The highest BCUT2D eigenvalue weighted by Crippen LogP contribution is 2.30. The number of nitrogens with zero attached hydrogens (tertiary/aromatic N) is 3. The van der Waals surface area contributed by atoms with Crippen molar-refractivity contribution in [2.24, 2.45) is 5.92 Å². The first-order valence-electron chi connectivity index (χ1n) is 14.2. The smallest absolute Gasteiger partial charge is 0.345 e. The molecule has 41 heavy (non-hydrogen) atoms. The maximum Gasteiger partial charge on any atom is 0.416 e. The minimum atomic E-state index is -4.57. The van der Waals surface area contributed by atoms with E-state index in [1.54, 1.807) is 12.1 Å². The van der Waals surface area contributed by atoms with Gasteiger partial charge in [0.15, 0.2) is 0 Å². The van der Waals surface area contributed by atoms with Crippen LogP contribution >= 0.6 is 0 Å². The zero-order valence-electron chi connectivity index (χ0n) is 23.5. The van der Waals surface area contributed by atoms with Crippen molar-refractivity contribution >= 4 is 11.8 Å². The van der Waals surface area contributed by atoms with Crippen LogP contribution in [0.15, 0.2) is 66.9 Å². The van der Waals surface area contributed by atoms with E-state index in [0.717, 1.165) is 55.5 Å². The number of halogens is 4. The van der Waals surface area contributed by atoms with Crippen LogP contribution in [0.5, 0.6) is 0 Å². The number of carbonyl (C=O) groups excluding carboxylic acids is 2. The van der Waals surface area contributed by atoms with Crippen molar-refractivity contribution in [1.29, 1.82) is 0 Å². The number of hydrogen-bond donors (Lipinski definition) is 0. The van der Waals surface area contributed by atoms with Crippen molar-refractivity contribution in [1.82, 2.24) is 14.4 Å². The van der Waals surface area contributed by atoms with E-state index in [1.165, 1.54) is 29.2 Å². The number of amides is 2. The summed E-state index contributed by atoms with van der Waals surface area (Å²) in [7, 11) is 0. The van der Waals surface area contributed by atoms with Gasteiger partial charge in [0.1, 0.15) is 12.4 Å². The first-order valence-corrected chi connectivity index (χ1v) is 14.2. The topological polar surface area (TPSA) is 45.6 Å². The van der Waals surface area contributed by atoms with E-state index in [4.69, 9.17) is 0 Å². The first-order chi connectivity index (χ1) is 19.5. The fraction of sp³-hybridized carbons (Fsp3) is 0.438. The number of carbonyl (C=O) groups is 2. The molecule has 1 heterocycles. The van der Waals surface area contributed by atoms with Crippen molar-refractivity contribution in [2.45, 2.75) is 71.3 Å². The van der Waals surface area contributed by atoms with Gasteiger partial charge in [0.25, 0.3) is 5.91 Å². The Morgan fingerprint density at radius 2 is 1.68 bits per heavy atom. The standard InChI is InChI=1S/C32H37F4N3O2/c1-23(2)19-38(31(41)25-8-6-9-26(18-25)32(34,35)36)22-30(40)39(28-10-4-3-5-11-28)21-29-12-7-17-37(29)20-24-13-15-27(33)16-14-24/h6-9,12-18,23,28H,3-5,10-11,19-22H2,1-2H3. The van der Waals surface area contributed by atoms with Gasteiger partial charge in [-0.15, -0.1) is 0 Å². The Labute approximate surface area is 238 Å². The Morgan fingerprint density at radius 3 is 2.34 bits per heavy atom. The molecule has 9 heteroatoms. The summed E-state index contributed by atoms with van der Waals surface area (Å²) in [6.45, 7) is 4.67. The number of rotatable bonds is 10. The lowest BCUT2D eigenvalue weighted by Gasteiger charge is -2.36. The molecule has 2 amide bonds. The highest BCUT2D eigenvalue weighted by molar-refractivity contribution is 5.96. The lowest BCUT2D eigenvalue weighted by molar-refractivity contribution is -0.138. The highest BCUT2D eigenvalue weighted by atomic mass is 19.4. The maximum absolute atomic E-state index is 13.9. The van der Waals surface area contributed by atoms with Crippen molar-refractivity contribution < 1.29 is 27.2 Å². The van der Waals surface area contributed by atoms with Crippen LogP contribution in [0.1, 0.15) is 73.1 Å². The van der Waals surface area contributed by atoms with Gasteiger partial charge in [-0.05, 0) is 66.8 Å². The maximum atomic E-state index is 13.9. The summed E-state index contributed by atoms with van der Waals surface area (Å²) in [6.07, 6.45) is 2.17. The molecule has 1 aromatic heterocycles. The molecule has 4 rings (SSSR count). The summed E-state index contributed by atoms with van der Waals surface area (Å²) in [6, 6.07) is 14.5. The van der Waals surface area contributed by atoms with Crippen molar-refractivity contribution in [3.05, 3.63) is 95.1 Å². The SMILES string of the molecule is CC(C)CN(CC(=O)N(Cc1cccn1Cc1ccc(F)cc1)C1CCCCC1)C(=O)c1cccc(C(F)(F)F)c1. The number of alkyl halides is 3.